The fourth-order valence-corrected chi connectivity index (χ4v) is 1.38. The Kier molecular flexibility index (Phi) is 2.28. The van der Waals surface area contributed by atoms with Gasteiger partial charge in [-0.1, -0.05) is 6.07 Å². The third-order valence-corrected chi connectivity index (χ3v) is 2.22. The summed E-state index contributed by atoms with van der Waals surface area (Å²) in [6.07, 6.45) is 1.76. The predicted molar refractivity (Wildman–Crippen MR) is 54.4 cm³/mol. The molecular weight excluding hydrogens is 176 g/mol. The number of hydrogen-bond acceptors (Lipinski definition) is 3. The molecule has 2 aromatic heterocycles. The summed E-state index contributed by atoms with van der Waals surface area (Å²) in [6.45, 7) is 2.47. The Balaban J connectivity index is 2.48. The molecule has 72 valence electrons. The maximum atomic E-state index is 5.55. The van der Waals surface area contributed by atoms with E-state index in [1.54, 1.807) is 6.20 Å². The molecule has 0 saturated heterocycles. The summed E-state index contributed by atoms with van der Waals surface area (Å²) in [6, 6.07) is 5.76. The molecular formula is C10H12N4. The summed E-state index contributed by atoms with van der Waals surface area (Å²) >= 11 is 0. The molecule has 0 fully saturated rings. The third kappa shape index (κ3) is 1.40. The Labute approximate surface area is 82.2 Å². The molecule has 2 rings (SSSR count). The molecule has 14 heavy (non-hydrogen) atoms. The first-order valence-electron chi connectivity index (χ1n) is 4.48. The molecule has 0 aliphatic rings. The first kappa shape index (κ1) is 8.90. The highest BCUT2D eigenvalue weighted by Crippen LogP contribution is 2.19. The first-order chi connectivity index (χ1) is 6.83. The molecule has 2 aromatic rings. The van der Waals surface area contributed by atoms with Crippen molar-refractivity contribution in [3.63, 3.8) is 0 Å². The van der Waals surface area contributed by atoms with Crippen molar-refractivity contribution in [3.8, 4) is 11.4 Å². The normalized spacial score (nSPS) is 10.4. The molecule has 0 bridgehead atoms. The largest absolute Gasteiger partial charge is 0.325 e. The lowest BCUT2D eigenvalue weighted by Gasteiger charge is -1.96. The average Bonchev–Trinajstić information content (AvgIpc) is 2.61. The lowest BCUT2D eigenvalue weighted by Crippen LogP contribution is -1.98. The van der Waals surface area contributed by atoms with Crippen LogP contribution in [-0.4, -0.2) is 15.2 Å². The highest BCUT2D eigenvalue weighted by atomic mass is 15.1. The van der Waals surface area contributed by atoms with Gasteiger partial charge in [0.2, 0.25) is 0 Å². The number of nitrogens with one attached hydrogen (secondary N) is 1. The minimum atomic E-state index is 0.478. The molecule has 0 aliphatic carbocycles. The molecule has 0 aliphatic heterocycles. The van der Waals surface area contributed by atoms with Crippen LogP contribution in [0.25, 0.3) is 11.4 Å². The number of nitrogens with zero attached hydrogens (tertiary/aromatic N) is 2. The fourth-order valence-electron chi connectivity index (χ4n) is 1.38. The van der Waals surface area contributed by atoms with Gasteiger partial charge in [-0.25, -0.2) is 0 Å². The van der Waals surface area contributed by atoms with Crippen molar-refractivity contribution in [1.82, 2.24) is 15.2 Å². The van der Waals surface area contributed by atoms with Crippen molar-refractivity contribution in [2.45, 2.75) is 13.5 Å². The van der Waals surface area contributed by atoms with Crippen molar-refractivity contribution >= 4 is 0 Å². The maximum absolute atomic E-state index is 5.55. The monoisotopic (exact) mass is 188 g/mol. The fraction of sp³-hybridized carbons (Fsp3) is 0.200. The molecule has 2 heterocycles. The number of hydrogen-bond donors (Lipinski definition) is 2. The predicted octanol–water partition coefficient (Wildman–Crippen LogP) is 1.24. The SMILES string of the molecule is Cc1c(-c2ccccn2)n[nH]c1CN. The Bertz CT molecular complexity index is 419. The van der Waals surface area contributed by atoms with E-state index in [0.717, 1.165) is 22.6 Å². The van der Waals surface area contributed by atoms with E-state index in [9.17, 15) is 0 Å². The minimum Gasteiger partial charge on any atom is -0.325 e. The Morgan fingerprint density at radius 3 is 2.86 bits per heavy atom. The van der Waals surface area contributed by atoms with Crippen molar-refractivity contribution < 1.29 is 0 Å². The van der Waals surface area contributed by atoms with Gasteiger partial charge >= 0.3 is 0 Å². The van der Waals surface area contributed by atoms with E-state index < -0.39 is 0 Å². The van der Waals surface area contributed by atoms with Gasteiger partial charge in [0.1, 0.15) is 5.69 Å². The van der Waals surface area contributed by atoms with Gasteiger partial charge in [-0.3, -0.25) is 10.1 Å². The third-order valence-electron chi connectivity index (χ3n) is 2.22. The topological polar surface area (TPSA) is 67.6 Å². The zero-order valence-electron chi connectivity index (χ0n) is 7.99. The van der Waals surface area contributed by atoms with Crippen LogP contribution in [0.4, 0.5) is 0 Å². The molecule has 0 unspecified atom stereocenters. The van der Waals surface area contributed by atoms with Crippen LogP contribution in [-0.2, 0) is 6.54 Å². The second-order valence-corrected chi connectivity index (χ2v) is 3.09. The summed E-state index contributed by atoms with van der Waals surface area (Å²) in [5, 5.41) is 7.10. The molecule has 0 spiro atoms. The van der Waals surface area contributed by atoms with Crippen LogP contribution in [0, 0.1) is 6.92 Å². The van der Waals surface area contributed by atoms with Gasteiger partial charge in [0.15, 0.2) is 0 Å². The molecule has 0 radical (unpaired) electrons. The van der Waals surface area contributed by atoms with E-state index in [0.29, 0.717) is 6.54 Å². The Morgan fingerprint density at radius 1 is 1.43 bits per heavy atom. The molecule has 0 aromatic carbocycles. The summed E-state index contributed by atoms with van der Waals surface area (Å²) < 4.78 is 0. The summed E-state index contributed by atoms with van der Waals surface area (Å²) in [4.78, 5) is 4.23. The van der Waals surface area contributed by atoms with Crippen LogP contribution < -0.4 is 5.73 Å². The first-order valence-corrected chi connectivity index (χ1v) is 4.48. The standard InChI is InChI=1S/C10H12N4/c1-7-9(6-11)13-14-10(7)8-4-2-3-5-12-8/h2-5H,6,11H2,1H3,(H,13,14). The lowest BCUT2D eigenvalue weighted by atomic mass is 10.1. The summed E-state index contributed by atoms with van der Waals surface area (Å²) in [5.41, 5.74) is 9.35. The van der Waals surface area contributed by atoms with Gasteiger partial charge in [0, 0.05) is 18.3 Å². The van der Waals surface area contributed by atoms with Crippen LogP contribution in [0.3, 0.4) is 0 Å². The van der Waals surface area contributed by atoms with E-state index >= 15 is 0 Å². The summed E-state index contributed by atoms with van der Waals surface area (Å²) in [5.74, 6) is 0. The van der Waals surface area contributed by atoms with Gasteiger partial charge in [0.05, 0.1) is 11.4 Å². The highest BCUT2D eigenvalue weighted by molar-refractivity contribution is 5.59. The quantitative estimate of drug-likeness (QED) is 0.745. The van der Waals surface area contributed by atoms with E-state index in [-0.39, 0.29) is 0 Å². The van der Waals surface area contributed by atoms with Crippen LogP contribution in [0.5, 0.6) is 0 Å². The van der Waals surface area contributed by atoms with E-state index in [2.05, 4.69) is 15.2 Å². The van der Waals surface area contributed by atoms with Crippen molar-refractivity contribution in [1.29, 1.82) is 0 Å². The smallest absolute Gasteiger partial charge is 0.114 e. The Morgan fingerprint density at radius 2 is 2.29 bits per heavy atom. The lowest BCUT2D eigenvalue weighted by molar-refractivity contribution is 0.941. The van der Waals surface area contributed by atoms with Crippen LogP contribution in [0.2, 0.25) is 0 Å². The number of H-pyrrole nitrogens is 1. The zero-order chi connectivity index (χ0) is 9.97. The van der Waals surface area contributed by atoms with Gasteiger partial charge in [-0.2, -0.15) is 5.10 Å². The minimum absolute atomic E-state index is 0.478. The van der Waals surface area contributed by atoms with Gasteiger partial charge in [-0.15, -0.1) is 0 Å². The second kappa shape index (κ2) is 3.59. The number of pyridine rings is 1. The van der Waals surface area contributed by atoms with Gasteiger partial charge in [0.25, 0.3) is 0 Å². The van der Waals surface area contributed by atoms with Crippen molar-refractivity contribution in [2.75, 3.05) is 0 Å². The van der Waals surface area contributed by atoms with Crippen LogP contribution in [0.15, 0.2) is 24.4 Å². The number of rotatable bonds is 2. The van der Waals surface area contributed by atoms with E-state index in [1.807, 2.05) is 25.1 Å². The number of aromatic amines is 1. The van der Waals surface area contributed by atoms with Crippen molar-refractivity contribution in [3.05, 3.63) is 35.7 Å². The number of aromatic nitrogens is 3. The molecule has 4 heteroatoms. The molecule has 0 saturated carbocycles. The summed E-state index contributed by atoms with van der Waals surface area (Å²) in [7, 11) is 0. The van der Waals surface area contributed by atoms with Crippen LogP contribution >= 0.6 is 0 Å². The van der Waals surface area contributed by atoms with Gasteiger partial charge < -0.3 is 5.73 Å². The average molecular weight is 188 g/mol. The molecule has 3 N–H and O–H groups in total. The molecule has 0 amide bonds. The molecule has 0 atom stereocenters. The second-order valence-electron chi connectivity index (χ2n) is 3.09. The number of nitrogens with two attached hydrogens (primary N) is 1. The van der Waals surface area contributed by atoms with Crippen molar-refractivity contribution in [2.24, 2.45) is 5.73 Å². The highest BCUT2D eigenvalue weighted by Gasteiger charge is 2.09. The zero-order valence-corrected chi connectivity index (χ0v) is 7.99. The van der Waals surface area contributed by atoms with E-state index in [1.165, 1.54) is 0 Å². The van der Waals surface area contributed by atoms with E-state index in [4.69, 9.17) is 5.73 Å². The maximum Gasteiger partial charge on any atom is 0.114 e. The van der Waals surface area contributed by atoms with Gasteiger partial charge in [-0.05, 0) is 19.1 Å². The van der Waals surface area contributed by atoms with Crippen LogP contribution in [0.1, 0.15) is 11.3 Å². The Hall–Kier alpha value is -1.68. The molecule has 4 nitrogen and oxygen atoms in total.